The minimum Gasteiger partial charge on any atom is -0.267 e. The van der Waals surface area contributed by atoms with E-state index in [-0.39, 0.29) is 11.1 Å². The van der Waals surface area contributed by atoms with E-state index in [0.717, 1.165) is 17.1 Å². The van der Waals surface area contributed by atoms with Gasteiger partial charge in [-0.25, -0.2) is 18.8 Å². The van der Waals surface area contributed by atoms with E-state index in [9.17, 15) is 18.4 Å². The van der Waals surface area contributed by atoms with Crippen LogP contribution < -0.4 is 0 Å². The second-order valence-corrected chi connectivity index (χ2v) is 6.64. The summed E-state index contributed by atoms with van der Waals surface area (Å²) in [5.41, 5.74) is -0.529. The quantitative estimate of drug-likeness (QED) is 0.774. The highest BCUT2D eigenvalue weighted by Crippen LogP contribution is 2.21. The summed E-state index contributed by atoms with van der Waals surface area (Å²) in [5, 5.41) is 2.36. The molecular weight excluding hydrogens is 326 g/mol. The van der Waals surface area contributed by atoms with Gasteiger partial charge in [0.1, 0.15) is 11.6 Å². The summed E-state index contributed by atoms with van der Waals surface area (Å²) in [7, 11) is 1.43. The molecule has 0 aromatic heterocycles. The van der Waals surface area contributed by atoms with Gasteiger partial charge in [-0.3, -0.25) is 9.59 Å². The first-order valence-corrected chi connectivity index (χ1v) is 7.75. The fraction of sp³-hybridized carbons (Fsp3) is 0.263. The van der Waals surface area contributed by atoms with Gasteiger partial charge < -0.3 is 0 Å². The molecule has 0 atom stereocenters. The maximum Gasteiger partial charge on any atom is 0.273 e. The molecule has 2 aromatic carbocycles. The van der Waals surface area contributed by atoms with Gasteiger partial charge in [0.2, 0.25) is 0 Å². The molecule has 132 valence electrons. The van der Waals surface area contributed by atoms with Gasteiger partial charge in [-0.1, -0.05) is 12.1 Å². The molecule has 0 bridgehead atoms. The highest BCUT2D eigenvalue weighted by Gasteiger charge is 2.34. The van der Waals surface area contributed by atoms with Crippen molar-refractivity contribution in [2.75, 3.05) is 7.05 Å². The Morgan fingerprint density at radius 1 is 0.840 bits per heavy atom. The lowest BCUT2D eigenvalue weighted by molar-refractivity contribution is -0.0308. The smallest absolute Gasteiger partial charge is 0.267 e. The monoisotopic (exact) mass is 346 g/mol. The van der Waals surface area contributed by atoms with E-state index in [1.165, 1.54) is 48.5 Å². The largest absolute Gasteiger partial charge is 0.273 e. The Bertz CT molecular complexity index is 800. The lowest BCUT2D eigenvalue weighted by atomic mass is 10.1. The maximum absolute atomic E-state index is 13.5. The SMILES string of the molecule is CN(C(=O)c1cccc(F)c1)N(C(=O)c1cccc(F)c1)C(C)(C)C. The number of carbonyl (C=O) groups excluding carboxylic acids is 2. The van der Waals surface area contributed by atoms with Crippen molar-refractivity contribution in [2.45, 2.75) is 26.3 Å². The van der Waals surface area contributed by atoms with E-state index in [2.05, 4.69) is 0 Å². The first-order chi connectivity index (χ1) is 11.6. The van der Waals surface area contributed by atoms with E-state index in [1.54, 1.807) is 20.8 Å². The minimum absolute atomic E-state index is 0.115. The van der Waals surface area contributed by atoms with E-state index < -0.39 is 29.0 Å². The number of carbonyl (C=O) groups is 2. The average Bonchev–Trinajstić information content (AvgIpc) is 2.52. The Balaban J connectivity index is 2.40. The molecule has 4 nitrogen and oxygen atoms in total. The average molecular weight is 346 g/mol. The van der Waals surface area contributed by atoms with Crippen molar-refractivity contribution < 1.29 is 18.4 Å². The van der Waals surface area contributed by atoms with E-state index in [0.29, 0.717) is 0 Å². The van der Waals surface area contributed by atoms with Crippen molar-refractivity contribution in [2.24, 2.45) is 0 Å². The summed E-state index contributed by atoms with van der Waals surface area (Å²) < 4.78 is 26.9. The van der Waals surface area contributed by atoms with Crippen LogP contribution in [0, 0.1) is 11.6 Å². The maximum atomic E-state index is 13.5. The normalized spacial score (nSPS) is 11.1. The van der Waals surface area contributed by atoms with Crippen molar-refractivity contribution in [1.82, 2.24) is 10.0 Å². The molecule has 0 aliphatic heterocycles. The molecular formula is C19H20F2N2O2. The second kappa shape index (κ2) is 7.01. The van der Waals surface area contributed by atoms with Crippen molar-refractivity contribution in [1.29, 1.82) is 0 Å². The number of benzene rings is 2. The molecule has 25 heavy (non-hydrogen) atoms. The summed E-state index contributed by atoms with van der Waals surface area (Å²) in [6, 6.07) is 10.5. The molecule has 6 heteroatoms. The molecule has 0 unspecified atom stereocenters. The van der Waals surface area contributed by atoms with Crippen LogP contribution in [0.2, 0.25) is 0 Å². The Morgan fingerprint density at radius 3 is 1.68 bits per heavy atom. The molecule has 0 spiro atoms. The van der Waals surface area contributed by atoms with Gasteiger partial charge in [-0.2, -0.15) is 0 Å². The fourth-order valence-corrected chi connectivity index (χ4v) is 2.53. The topological polar surface area (TPSA) is 40.6 Å². The van der Waals surface area contributed by atoms with Crippen LogP contribution in [-0.4, -0.2) is 34.4 Å². The van der Waals surface area contributed by atoms with Gasteiger partial charge in [0, 0.05) is 18.2 Å². The van der Waals surface area contributed by atoms with Crippen molar-refractivity contribution in [3.8, 4) is 0 Å². The van der Waals surface area contributed by atoms with Crippen LogP contribution >= 0.6 is 0 Å². The lowest BCUT2D eigenvalue weighted by Gasteiger charge is -2.41. The van der Waals surface area contributed by atoms with Gasteiger partial charge >= 0.3 is 0 Å². The molecule has 0 saturated carbocycles. The zero-order valence-electron chi connectivity index (χ0n) is 14.6. The molecule has 0 saturated heterocycles. The number of hydrazine groups is 1. The number of rotatable bonds is 2. The van der Waals surface area contributed by atoms with E-state index in [1.807, 2.05) is 0 Å². The van der Waals surface area contributed by atoms with Gasteiger partial charge in [0.25, 0.3) is 11.8 Å². The Labute approximate surface area is 145 Å². The number of amides is 2. The summed E-state index contributed by atoms with van der Waals surface area (Å²) >= 11 is 0. The van der Waals surface area contributed by atoms with Gasteiger partial charge in [0.15, 0.2) is 0 Å². The Hall–Kier alpha value is -2.76. The molecule has 0 fully saturated rings. The minimum atomic E-state index is -0.763. The third kappa shape index (κ3) is 4.21. The Kier molecular flexibility index (Phi) is 5.21. The lowest BCUT2D eigenvalue weighted by Crippen LogP contribution is -2.56. The summed E-state index contributed by atoms with van der Waals surface area (Å²) in [6.45, 7) is 5.25. The van der Waals surface area contributed by atoms with Crippen LogP contribution in [0.3, 0.4) is 0 Å². The number of nitrogens with zero attached hydrogens (tertiary/aromatic N) is 2. The van der Waals surface area contributed by atoms with Crippen LogP contribution in [0.25, 0.3) is 0 Å². The zero-order chi connectivity index (χ0) is 18.8. The van der Waals surface area contributed by atoms with Crippen molar-refractivity contribution in [3.63, 3.8) is 0 Å². The molecule has 0 radical (unpaired) electrons. The van der Waals surface area contributed by atoms with Gasteiger partial charge in [-0.05, 0) is 57.2 Å². The summed E-state index contributed by atoms with van der Waals surface area (Å²) in [6.07, 6.45) is 0. The highest BCUT2D eigenvalue weighted by atomic mass is 19.1. The predicted molar refractivity (Wildman–Crippen MR) is 90.8 cm³/mol. The second-order valence-electron chi connectivity index (χ2n) is 6.64. The molecule has 2 amide bonds. The van der Waals surface area contributed by atoms with E-state index >= 15 is 0 Å². The first kappa shape index (κ1) is 18.6. The fourth-order valence-electron chi connectivity index (χ4n) is 2.53. The van der Waals surface area contributed by atoms with Crippen molar-refractivity contribution in [3.05, 3.63) is 71.3 Å². The number of hydrogen-bond acceptors (Lipinski definition) is 2. The van der Waals surface area contributed by atoms with Crippen molar-refractivity contribution >= 4 is 11.8 Å². The molecule has 0 heterocycles. The molecule has 2 aromatic rings. The standard InChI is InChI=1S/C19H20F2N2O2/c1-19(2,3)23(18(25)14-8-6-10-16(21)12-14)22(4)17(24)13-7-5-9-15(20)11-13/h5-12H,1-4H3. The van der Waals surface area contributed by atoms with Gasteiger partial charge in [-0.15, -0.1) is 0 Å². The summed E-state index contributed by atoms with van der Waals surface area (Å²) in [5.74, 6) is -2.16. The molecule has 0 N–H and O–H groups in total. The number of halogens is 2. The van der Waals surface area contributed by atoms with Crippen LogP contribution in [0.4, 0.5) is 8.78 Å². The molecule has 0 aliphatic rings. The van der Waals surface area contributed by atoms with Crippen LogP contribution in [0.5, 0.6) is 0 Å². The van der Waals surface area contributed by atoms with Crippen LogP contribution in [0.15, 0.2) is 48.5 Å². The van der Waals surface area contributed by atoms with Crippen LogP contribution in [0.1, 0.15) is 41.5 Å². The third-order valence-corrected chi connectivity index (χ3v) is 3.56. The number of hydrogen-bond donors (Lipinski definition) is 0. The third-order valence-electron chi connectivity index (χ3n) is 3.56. The molecule has 2 rings (SSSR count). The Morgan fingerprint density at radius 2 is 1.28 bits per heavy atom. The summed E-state index contributed by atoms with van der Waals surface area (Å²) in [4.78, 5) is 25.6. The zero-order valence-corrected chi connectivity index (χ0v) is 14.6. The van der Waals surface area contributed by atoms with Crippen LogP contribution in [-0.2, 0) is 0 Å². The van der Waals surface area contributed by atoms with Gasteiger partial charge in [0.05, 0.1) is 5.54 Å². The first-order valence-electron chi connectivity index (χ1n) is 7.75. The molecule has 0 aliphatic carbocycles. The highest BCUT2D eigenvalue weighted by molar-refractivity contribution is 5.99. The predicted octanol–water partition coefficient (Wildman–Crippen LogP) is 3.89. The van der Waals surface area contributed by atoms with E-state index in [4.69, 9.17) is 0 Å².